The van der Waals surface area contributed by atoms with Crippen molar-refractivity contribution >= 4 is 80.8 Å². The number of anilines is 1. The van der Waals surface area contributed by atoms with Crippen molar-refractivity contribution in [2.75, 3.05) is 5.32 Å². The quantitative estimate of drug-likeness (QED) is 0.177. The van der Waals surface area contributed by atoms with Crippen molar-refractivity contribution in [3.8, 4) is 16.2 Å². The van der Waals surface area contributed by atoms with Gasteiger partial charge in [-0.15, -0.1) is 11.3 Å². The molecule has 2 aromatic carbocycles. The summed E-state index contributed by atoms with van der Waals surface area (Å²) in [5, 5.41) is 29.7. The van der Waals surface area contributed by atoms with Crippen LogP contribution < -0.4 is 10.7 Å². The van der Waals surface area contributed by atoms with Gasteiger partial charge in [-0.25, -0.2) is 4.79 Å². The molecule has 0 saturated carbocycles. The number of thiophene rings is 1. The fourth-order valence-electron chi connectivity index (χ4n) is 2.59. The van der Waals surface area contributed by atoms with Gasteiger partial charge in [0.2, 0.25) is 0 Å². The molecule has 6 nitrogen and oxygen atoms in total. The van der Waals surface area contributed by atoms with Gasteiger partial charge in [-0.3, -0.25) is 5.43 Å². The SMILES string of the molecule is CC(=NNC(=S)Nc1ccc(C(=O)O)c(Cl)c1)c1csc(-c2ccc(Cl)cc2Cl)c1O. The third kappa shape index (κ3) is 5.47. The molecule has 0 saturated heterocycles. The first-order valence-electron chi connectivity index (χ1n) is 8.57. The Bertz CT molecular complexity index is 1210. The van der Waals surface area contributed by atoms with Crippen LogP contribution in [0.2, 0.25) is 15.1 Å². The number of nitrogens with one attached hydrogen (secondary N) is 2. The van der Waals surface area contributed by atoms with Crippen molar-refractivity contribution < 1.29 is 15.0 Å². The third-order valence-corrected chi connectivity index (χ3v) is 6.17. The van der Waals surface area contributed by atoms with Gasteiger partial charge in [0.05, 0.1) is 31.8 Å². The number of carbonyl (C=O) groups is 1. The maximum atomic E-state index is 11.0. The Labute approximate surface area is 202 Å². The van der Waals surface area contributed by atoms with Gasteiger partial charge in [0.25, 0.3) is 0 Å². The van der Waals surface area contributed by atoms with E-state index < -0.39 is 5.97 Å². The van der Waals surface area contributed by atoms with Gasteiger partial charge in [-0.05, 0) is 49.5 Å². The lowest BCUT2D eigenvalue weighted by Gasteiger charge is -2.09. The average Bonchev–Trinajstić information content (AvgIpc) is 3.07. The molecule has 0 aliphatic rings. The molecule has 160 valence electrons. The zero-order valence-electron chi connectivity index (χ0n) is 15.7. The van der Waals surface area contributed by atoms with Crippen molar-refractivity contribution in [3.05, 3.63) is 68.0 Å². The number of aromatic hydroxyl groups is 1. The van der Waals surface area contributed by atoms with Crippen molar-refractivity contribution in [1.82, 2.24) is 5.43 Å². The molecule has 0 amide bonds. The Kier molecular flexibility index (Phi) is 7.40. The summed E-state index contributed by atoms with van der Waals surface area (Å²) in [6.45, 7) is 1.71. The molecular formula is C20H14Cl3N3O3S2. The summed E-state index contributed by atoms with van der Waals surface area (Å²) >= 11 is 24.7. The third-order valence-electron chi connectivity index (χ3n) is 4.11. The van der Waals surface area contributed by atoms with Crippen LogP contribution in [0.5, 0.6) is 5.75 Å². The van der Waals surface area contributed by atoms with Gasteiger partial charge in [0.1, 0.15) is 5.75 Å². The first-order chi connectivity index (χ1) is 14.7. The number of hydrazone groups is 1. The van der Waals surface area contributed by atoms with E-state index in [1.807, 2.05) is 0 Å². The summed E-state index contributed by atoms with van der Waals surface area (Å²) in [6, 6.07) is 9.40. The van der Waals surface area contributed by atoms with Crippen LogP contribution in [0.4, 0.5) is 5.69 Å². The fourth-order valence-corrected chi connectivity index (χ4v) is 4.62. The summed E-state index contributed by atoms with van der Waals surface area (Å²) in [6.07, 6.45) is 0. The predicted molar refractivity (Wildman–Crippen MR) is 131 cm³/mol. The van der Waals surface area contributed by atoms with E-state index in [0.29, 0.717) is 37.4 Å². The molecule has 0 bridgehead atoms. The van der Waals surface area contributed by atoms with Crippen molar-refractivity contribution in [2.45, 2.75) is 6.92 Å². The van der Waals surface area contributed by atoms with Gasteiger partial charge >= 0.3 is 5.97 Å². The number of nitrogens with zero attached hydrogens (tertiary/aromatic N) is 1. The number of thiocarbonyl (C=S) groups is 1. The highest BCUT2D eigenvalue weighted by Crippen LogP contribution is 2.42. The van der Waals surface area contributed by atoms with Gasteiger partial charge < -0.3 is 15.5 Å². The topological polar surface area (TPSA) is 94.0 Å². The van der Waals surface area contributed by atoms with Crippen LogP contribution in [0.3, 0.4) is 0 Å². The number of benzene rings is 2. The highest BCUT2D eigenvalue weighted by Gasteiger charge is 2.17. The first-order valence-corrected chi connectivity index (χ1v) is 11.0. The Balaban J connectivity index is 1.72. The molecule has 0 radical (unpaired) electrons. The molecule has 11 heteroatoms. The smallest absolute Gasteiger partial charge is 0.337 e. The van der Waals surface area contributed by atoms with Gasteiger partial charge in [0.15, 0.2) is 5.11 Å². The average molecular weight is 515 g/mol. The van der Waals surface area contributed by atoms with Crippen molar-refractivity contribution in [3.63, 3.8) is 0 Å². The molecule has 0 spiro atoms. The summed E-state index contributed by atoms with van der Waals surface area (Å²) < 4.78 is 0. The van der Waals surface area contributed by atoms with Crippen LogP contribution in [-0.2, 0) is 0 Å². The number of hydrogen-bond acceptors (Lipinski definition) is 5. The number of carboxylic acid groups (broad SMARTS) is 1. The van der Waals surface area contributed by atoms with Crippen LogP contribution in [0.25, 0.3) is 10.4 Å². The molecule has 3 aromatic rings. The van der Waals surface area contributed by atoms with E-state index in [4.69, 9.17) is 52.1 Å². The molecule has 31 heavy (non-hydrogen) atoms. The van der Waals surface area contributed by atoms with E-state index in [1.54, 1.807) is 30.5 Å². The summed E-state index contributed by atoms with van der Waals surface area (Å²) in [7, 11) is 0. The second-order valence-corrected chi connectivity index (χ2v) is 8.75. The van der Waals surface area contributed by atoms with Crippen LogP contribution in [0.15, 0.2) is 46.9 Å². The van der Waals surface area contributed by atoms with Gasteiger partial charge in [-0.2, -0.15) is 5.10 Å². The fraction of sp³-hybridized carbons (Fsp3) is 0.0500. The number of aromatic carboxylic acids is 1. The molecule has 1 heterocycles. The van der Waals surface area contributed by atoms with Gasteiger partial charge in [-0.1, -0.05) is 40.9 Å². The highest BCUT2D eigenvalue weighted by molar-refractivity contribution is 7.80. The molecular weight excluding hydrogens is 501 g/mol. The van der Waals surface area contributed by atoms with E-state index in [9.17, 15) is 9.90 Å². The Morgan fingerprint density at radius 1 is 1.10 bits per heavy atom. The molecule has 0 atom stereocenters. The molecule has 0 fully saturated rings. The number of halogens is 3. The normalized spacial score (nSPS) is 11.3. The number of hydrogen-bond donors (Lipinski definition) is 4. The van der Waals surface area contributed by atoms with Gasteiger partial charge in [0, 0.05) is 21.7 Å². The van der Waals surface area contributed by atoms with Crippen molar-refractivity contribution in [2.24, 2.45) is 5.10 Å². The molecule has 0 aliphatic carbocycles. The Hall–Kier alpha value is -2.36. The summed E-state index contributed by atoms with van der Waals surface area (Å²) in [4.78, 5) is 11.6. The second-order valence-electron chi connectivity index (χ2n) is 6.21. The minimum atomic E-state index is -1.12. The van der Waals surface area contributed by atoms with Crippen LogP contribution >= 0.6 is 58.4 Å². The van der Waals surface area contributed by atoms with Crippen LogP contribution in [-0.4, -0.2) is 27.0 Å². The standard InChI is InChI=1S/C20H14Cl3N3O3S2/c1-9(14-8-31-18(17(14)27)12-4-2-10(21)6-15(12)22)25-26-20(30)24-11-3-5-13(19(28)29)16(23)7-11/h2-8,27H,1H3,(H,28,29)(H2,24,26,30). The monoisotopic (exact) mass is 513 g/mol. The molecule has 0 aliphatic heterocycles. The second kappa shape index (κ2) is 9.84. The molecule has 0 unspecified atom stereocenters. The molecule has 3 rings (SSSR count). The Morgan fingerprint density at radius 3 is 2.48 bits per heavy atom. The maximum absolute atomic E-state index is 11.0. The number of rotatable bonds is 5. The maximum Gasteiger partial charge on any atom is 0.337 e. The minimum absolute atomic E-state index is 0.00973. The minimum Gasteiger partial charge on any atom is -0.506 e. The van der Waals surface area contributed by atoms with E-state index in [2.05, 4.69) is 15.8 Å². The molecule has 1 aromatic heterocycles. The number of carboxylic acids is 1. The zero-order valence-corrected chi connectivity index (χ0v) is 19.6. The molecule has 4 N–H and O–H groups in total. The van der Waals surface area contributed by atoms with Crippen LogP contribution in [0, 0.1) is 0 Å². The van der Waals surface area contributed by atoms with Crippen LogP contribution in [0.1, 0.15) is 22.8 Å². The highest BCUT2D eigenvalue weighted by atomic mass is 35.5. The van der Waals surface area contributed by atoms with E-state index in [-0.39, 0.29) is 21.4 Å². The van der Waals surface area contributed by atoms with E-state index >= 15 is 0 Å². The lowest BCUT2D eigenvalue weighted by atomic mass is 10.1. The van der Waals surface area contributed by atoms with E-state index in [1.165, 1.54) is 29.5 Å². The largest absolute Gasteiger partial charge is 0.506 e. The lowest BCUT2D eigenvalue weighted by Crippen LogP contribution is -2.25. The zero-order chi connectivity index (χ0) is 22.7. The summed E-state index contributed by atoms with van der Waals surface area (Å²) in [5.41, 5.74) is 4.85. The Morgan fingerprint density at radius 2 is 1.84 bits per heavy atom. The summed E-state index contributed by atoms with van der Waals surface area (Å²) in [5.74, 6) is -1.07. The predicted octanol–water partition coefficient (Wildman–Crippen LogP) is 6.49. The lowest BCUT2D eigenvalue weighted by molar-refractivity contribution is 0.0697. The van der Waals surface area contributed by atoms with E-state index in [0.717, 1.165) is 0 Å². The van der Waals surface area contributed by atoms with Crippen molar-refractivity contribution in [1.29, 1.82) is 0 Å². The first kappa shape index (κ1) is 23.3.